The summed E-state index contributed by atoms with van der Waals surface area (Å²) in [5.41, 5.74) is 1.83. The number of carbonyl (C=O) groups excluding carboxylic acids is 1. The van der Waals surface area contributed by atoms with Gasteiger partial charge in [0.25, 0.3) is 0 Å². The van der Waals surface area contributed by atoms with Gasteiger partial charge in [0.1, 0.15) is 5.82 Å². The van der Waals surface area contributed by atoms with Crippen molar-refractivity contribution in [1.29, 1.82) is 0 Å². The first-order valence-electron chi connectivity index (χ1n) is 10.8. The summed E-state index contributed by atoms with van der Waals surface area (Å²) in [5, 5.41) is 9.24. The van der Waals surface area contributed by atoms with E-state index in [0.29, 0.717) is 31.2 Å². The molecule has 0 aliphatic heterocycles. The minimum atomic E-state index is -0.339. The molecule has 0 bridgehead atoms. The Morgan fingerprint density at radius 3 is 2.45 bits per heavy atom. The maximum absolute atomic E-state index is 13.2. The predicted molar refractivity (Wildman–Crippen MR) is 140 cm³/mol. The molecule has 3 N–H and O–H groups in total. The third-order valence-electron chi connectivity index (χ3n) is 4.68. The zero-order chi connectivity index (χ0) is 23.2. The Hall–Kier alpha value is -2.56. The fourth-order valence-electron chi connectivity index (χ4n) is 3.14. The number of rotatable bonds is 12. The van der Waals surface area contributed by atoms with Crippen molar-refractivity contribution in [3.8, 4) is 11.5 Å². The molecule has 2 aromatic carbocycles. The lowest BCUT2D eigenvalue weighted by atomic mass is 10.1. The van der Waals surface area contributed by atoms with Gasteiger partial charge in [0, 0.05) is 26.7 Å². The van der Waals surface area contributed by atoms with Crippen LogP contribution in [-0.2, 0) is 17.6 Å². The van der Waals surface area contributed by atoms with Gasteiger partial charge >= 0.3 is 0 Å². The highest BCUT2D eigenvalue weighted by molar-refractivity contribution is 14.0. The van der Waals surface area contributed by atoms with Gasteiger partial charge in [-0.25, -0.2) is 4.39 Å². The summed E-state index contributed by atoms with van der Waals surface area (Å²) >= 11 is 0. The third-order valence-corrected chi connectivity index (χ3v) is 4.68. The average Bonchev–Trinajstić information content (AvgIpc) is 2.78. The minimum absolute atomic E-state index is 0. The largest absolute Gasteiger partial charge is 0.493 e. The molecule has 0 spiro atoms. The van der Waals surface area contributed by atoms with Crippen LogP contribution in [0.3, 0.4) is 0 Å². The molecule has 0 radical (unpaired) electrons. The summed E-state index contributed by atoms with van der Waals surface area (Å²) < 4.78 is 24.1. The van der Waals surface area contributed by atoms with E-state index in [-0.39, 0.29) is 42.1 Å². The fourth-order valence-corrected chi connectivity index (χ4v) is 3.14. The van der Waals surface area contributed by atoms with Crippen molar-refractivity contribution in [1.82, 2.24) is 16.0 Å². The third kappa shape index (κ3) is 10.7. The Bertz CT molecular complexity index is 896. The molecule has 2 rings (SSSR count). The number of aryl methyl sites for hydroxylation is 1. The van der Waals surface area contributed by atoms with Crippen molar-refractivity contribution in [2.24, 2.45) is 4.99 Å². The average molecular weight is 572 g/mol. The van der Waals surface area contributed by atoms with Gasteiger partial charge in [-0.2, -0.15) is 0 Å². The maximum atomic E-state index is 13.2. The zero-order valence-corrected chi connectivity index (χ0v) is 21.8. The molecule has 9 heteroatoms. The van der Waals surface area contributed by atoms with Gasteiger partial charge < -0.3 is 25.4 Å². The molecule has 0 aliphatic carbocycles. The normalized spacial score (nSPS) is 10.7. The lowest BCUT2D eigenvalue weighted by molar-refractivity contribution is -0.120. The highest BCUT2D eigenvalue weighted by Gasteiger charge is 2.06. The number of halogens is 2. The molecular weight excluding hydrogens is 538 g/mol. The number of carbonyl (C=O) groups is 1. The molecule has 1 amide bonds. The van der Waals surface area contributed by atoms with Crippen LogP contribution in [0.1, 0.15) is 24.5 Å². The first kappa shape index (κ1) is 28.5. The Balaban J connectivity index is 0.00000544. The van der Waals surface area contributed by atoms with Crippen LogP contribution >= 0.6 is 24.0 Å². The van der Waals surface area contributed by atoms with Crippen molar-refractivity contribution < 1.29 is 18.7 Å². The van der Waals surface area contributed by atoms with E-state index in [1.54, 1.807) is 26.3 Å². The van der Waals surface area contributed by atoms with Gasteiger partial charge in [-0.1, -0.05) is 18.2 Å². The van der Waals surface area contributed by atoms with Crippen molar-refractivity contribution in [3.63, 3.8) is 0 Å². The molecule has 33 heavy (non-hydrogen) atoms. The molecular formula is C24H34FIN4O3. The predicted octanol–water partition coefficient (Wildman–Crippen LogP) is 3.31. The summed E-state index contributed by atoms with van der Waals surface area (Å²) in [5.74, 6) is 1.69. The molecule has 0 aliphatic rings. The zero-order valence-electron chi connectivity index (χ0n) is 19.4. The molecule has 2 aromatic rings. The minimum Gasteiger partial charge on any atom is -0.493 e. The van der Waals surface area contributed by atoms with E-state index in [4.69, 9.17) is 9.47 Å². The first-order chi connectivity index (χ1) is 15.5. The van der Waals surface area contributed by atoms with E-state index < -0.39 is 0 Å². The highest BCUT2D eigenvalue weighted by Crippen LogP contribution is 2.28. The summed E-state index contributed by atoms with van der Waals surface area (Å²) in [6.07, 6.45) is 1.97. The van der Waals surface area contributed by atoms with Gasteiger partial charge in [-0.05, 0) is 55.2 Å². The number of benzene rings is 2. The van der Waals surface area contributed by atoms with Crippen LogP contribution in [0.25, 0.3) is 0 Å². The van der Waals surface area contributed by atoms with E-state index in [0.717, 1.165) is 30.9 Å². The number of methoxy groups -OCH3 is 1. The molecule has 0 saturated heterocycles. The second-order valence-electron chi connectivity index (χ2n) is 7.10. The topological polar surface area (TPSA) is 84.0 Å². The fraction of sp³-hybridized carbons (Fsp3) is 0.417. The van der Waals surface area contributed by atoms with Gasteiger partial charge in [-0.15, -0.1) is 24.0 Å². The van der Waals surface area contributed by atoms with Gasteiger partial charge in [-0.3, -0.25) is 9.79 Å². The van der Waals surface area contributed by atoms with Crippen molar-refractivity contribution in [2.45, 2.75) is 26.2 Å². The summed E-state index contributed by atoms with van der Waals surface area (Å²) in [6.45, 7) is 4.27. The molecule has 0 unspecified atom stereocenters. The maximum Gasteiger partial charge on any atom is 0.224 e. The van der Waals surface area contributed by atoms with Gasteiger partial charge in [0.2, 0.25) is 5.91 Å². The van der Waals surface area contributed by atoms with Gasteiger partial charge in [0.05, 0.1) is 20.1 Å². The highest BCUT2D eigenvalue weighted by atomic mass is 127. The van der Waals surface area contributed by atoms with Crippen LogP contribution < -0.4 is 25.4 Å². The second-order valence-corrected chi connectivity index (χ2v) is 7.10. The van der Waals surface area contributed by atoms with E-state index in [2.05, 4.69) is 20.9 Å². The van der Waals surface area contributed by atoms with Crippen LogP contribution in [0.5, 0.6) is 11.5 Å². The molecule has 0 fully saturated rings. The van der Waals surface area contributed by atoms with Crippen LogP contribution in [-0.4, -0.2) is 52.3 Å². The van der Waals surface area contributed by atoms with E-state index in [9.17, 15) is 9.18 Å². The number of nitrogens with zero attached hydrogens (tertiary/aromatic N) is 1. The van der Waals surface area contributed by atoms with Crippen molar-refractivity contribution >= 4 is 35.8 Å². The molecule has 7 nitrogen and oxygen atoms in total. The quantitative estimate of drug-likeness (QED) is 0.157. The van der Waals surface area contributed by atoms with E-state index in [1.165, 1.54) is 17.7 Å². The van der Waals surface area contributed by atoms with Crippen LogP contribution in [0.4, 0.5) is 4.39 Å². The number of aliphatic imine (C=N–C) groups is 1. The SMILES string of the molecule is CCOc1cc(CCCNC(=NC)NCCNC(=O)Cc2cccc(F)c2)ccc1OC.I. The number of nitrogens with one attached hydrogen (secondary N) is 3. The summed E-state index contributed by atoms with van der Waals surface area (Å²) in [7, 11) is 3.34. The van der Waals surface area contributed by atoms with Crippen molar-refractivity contribution in [2.75, 3.05) is 40.4 Å². The van der Waals surface area contributed by atoms with E-state index >= 15 is 0 Å². The van der Waals surface area contributed by atoms with Crippen LogP contribution in [0, 0.1) is 5.82 Å². The smallest absolute Gasteiger partial charge is 0.224 e. The van der Waals surface area contributed by atoms with Gasteiger partial charge in [0.15, 0.2) is 17.5 Å². The summed E-state index contributed by atoms with van der Waals surface area (Å²) in [4.78, 5) is 16.2. The van der Waals surface area contributed by atoms with Crippen LogP contribution in [0.2, 0.25) is 0 Å². The van der Waals surface area contributed by atoms with Crippen LogP contribution in [0.15, 0.2) is 47.5 Å². The lowest BCUT2D eigenvalue weighted by Crippen LogP contribution is -2.42. The Labute approximate surface area is 212 Å². The molecule has 0 saturated carbocycles. The Morgan fingerprint density at radius 2 is 1.76 bits per heavy atom. The number of amides is 1. The molecule has 0 atom stereocenters. The number of hydrogen-bond donors (Lipinski definition) is 3. The lowest BCUT2D eigenvalue weighted by Gasteiger charge is -2.13. The monoisotopic (exact) mass is 572 g/mol. The molecule has 182 valence electrons. The number of hydrogen-bond acceptors (Lipinski definition) is 4. The first-order valence-corrected chi connectivity index (χ1v) is 10.8. The molecule has 0 aromatic heterocycles. The Morgan fingerprint density at radius 1 is 1.00 bits per heavy atom. The Kier molecular flexibility index (Phi) is 13.9. The molecule has 0 heterocycles. The number of guanidine groups is 1. The second kappa shape index (κ2) is 16.1. The standard InChI is InChI=1S/C24H33FN4O3.HI/c1-4-32-22-16-18(10-11-21(22)31-3)8-6-12-28-24(26-2)29-14-13-27-23(30)17-19-7-5-9-20(25)15-19;/h5,7,9-11,15-16H,4,6,8,12-14,17H2,1-3H3,(H,27,30)(H2,26,28,29);1H. The van der Waals surface area contributed by atoms with Crippen molar-refractivity contribution in [3.05, 3.63) is 59.4 Å². The van der Waals surface area contributed by atoms with E-state index in [1.807, 2.05) is 25.1 Å². The number of ether oxygens (including phenoxy) is 2. The summed E-state index contributed by atoms with van der Waals surface area (Å²) in [6, 6.07) is 12.0.